The van der Waals surface area contributed by atoms with Crippen molar-refractivity contribution in [3.8, 4) is 5.75 Å². The largest absolute Gasteiger partial charge is 0.487 e. The van der Waals surface area contributed by atoms with Gasteiger partial charge in [0.05, 0.1) is 6.61 Å². The van der Waals surface area contributed by atoms with Gasteiger partial charge < -0.3 is 15.2 Å². The second-order valence-corrected chi connectivity index (χ2v) is 4.88. The minimum absolute atomic E-state index is 0.327. The molecular formula is C14H15NO3S. The summed E-state index contributed by atoms with van der Waals surface area (Å²) in [6.45, 7) is 2.50. The number of thiophene rings is 1. The third-order valence-electron chi connectivity index (χ3n) is 2.45. The fourth-order valence-electron chi connectivity index (χ4n) is 1.58. The van der Waals surface area contributed by atoms with Gasteiger partial charge in [-0.15, -0.1) is 11.3 Å². The van der Waals surface area contributed by atoms with Crippen LogP contribution in [0.1, 0.15) is 22.2 Å². The Morgan fingerprint density at radius 3 is 2.89 bits per heavy atom. The van der Waals surface area contributed by atoms with Crippen LogP contribution >= 0.6 is 11.3 Å². The molecular weight excluding hydrogens is 262 g/mol. The molecule has 0 saturated carbocycles. The Morgan fingerprint density at radius 2 is 2.21 bits per heavy atom. The number of carbonyl (C=O) groups is 1. The Morgan fingerprint density at radius 1 is 1.37 bits per heavy atom. The lowest BCUT2D eigenvalue weighted by molar-refractivity contribution is 0.0521. The van der Waals surface area contributed by atoms with Crippen LogP contribution in [0.2, 0.25) is 0 Å². The Labute approximate surface area is 115 Å². The van der Waals surface area contributed by atoms with Crippen molar-refractivity contribution in [2.75, 3.05) is 12.3 Å². The van der Waals surface area contributed by atoms with Crippen LogP contribution in [0, 0.1) is 0 Å². The maximum atomic E-state index is 11.8. The van der Waals surface area contributed by atoms with Crippen molar-refractivity contribution in [2.45, 2.75) is 13.5 Å². The maximum Gasteiger partial charge on any atom is 0.341 e. The number of hydrogen-bond acceptors (Lipinski definition) is 5. The van der Waals surface area contributed by atoms with E-state index in [2.05, 4.69) is 0 Å². The first-order chi connectivity index (χ1) is 9.20. The van der Waals surface area contributed by atoms with Gasteiger partial charge in [0, 0.05) is 16.6 Å². The van der Waals surface area contributed by atoms with Crippen LogP contribution in [-0.4, -0.2) is 12.6 Å². The summed E-state index contributed by atoms with van der Waals surface area (Å²) in [5.74, 6) is 0.0514. The lowest BCUT2D eigenvalue weighted by Gasteiger charge is -2.11. The van der Waals surface area contributed by atoms with Crippen molar-refractivity contribution < 1.29 is 14.3 Å². The molecule has 0 amide bonds. The Bertz CT molecular complexity index is 552. The number of hydrogen-bond donors (Lipinski definition) is 1. The second kappa shape index (κ2) is 6.24. The van der Waals surface area contributed by atoms with Crippen molar-refractivity contribution in [3.05, 3.63) is 46.2 Å². The third kappa shape index (κ3) is 3.48. The fraction of sp³-hybridized carbons (Fsp3) is 0.214. The van der Waals surface area contributed by atoms with Crippen LogP contribution in [0.15, 0.2) is 35.7 Å². The molecule has 0 bridgehead atoms. The van der Waals surface area contributed by atoms with Gasteiger partial charge in [0.1, 0.15) is 17.9 Å². The average molecular weight is 277 g/mol. The van der Waals surface area contributed by atoms with Gasteiger partial charge in [-0.2, -0.15) is 0 Å². The molecule has 19 heavy (non-hydrogen) atoms. The summed E-state index contributed by atoms with van der Waals surface area (Å²) in [5.41, 5.74) is 6.67. The number of nitrogen functional groups attached to an aromatic ring is 1. The normalized spacial score (nSPS) is 10.2. The smallest absolute Gasteiger partial charge is 0.341 e. The first-order valence-electron chi connectivity index (χ1n) is 5.92. The zero-order valence-electron chi connectivity index (χ0n) is 10.6. The molecule has 0 fully saturated rings. The van der Waals surface area contributed by atoms with E-state index in [0.717, 1.165) is 4.88 Å². The van der Waals surface area contributed by atoms with Crippen LogP contribution in [0.5, 0.6) is 5.75 Å². The van der Waals surface area contributed by atoms with E-state index in [0.29, 0.717) is 30.2 Å². The van der Waals surface area contributed by atoms with E-state index in [-0.39, 0.29) is 0 Å². The molecule has 100 valence electrons. The van der Waals surface area contributed by atoms with Gasteiger partial charge in [-0.3, -0.25) is 0 Å². The highest BCUT2D eigenvalue weighted by atomic mass is 32.1. The minimum Gasteiger partial charge on any atom is -0.487 e. The monoisotopic (exact) mass is 277 g/mol. The number of anilines is 1. The molecule has 4 nitrogen and oxygen atoms in total. The quantitative estimate of drug-likeness (QED) is 0.674. The average Bonchev–Trinajstić information content (AvgIpc) is 2.89. The van der Waals surface area contributed by atoms with E-state index in [4.69, 9.17) is 15.2 Å². The Balaban J connectivity index is 2.17. The SMILES string of the molecule is CCOC(=O)c1ccc(N)cc1OCc1cccs1. The number of carbonyl (C=O) groups excluding carboxylic acids is 1. The summed E-state index contributed by atoms with van der Waals surface area (Å²) in [6.07, 6.45) is 0. The van der Waals surface area contributed by atoms with Crippen LogP contribution in [0.25, 0.3) is 0 Å². The van der Waals surface area contributed by atoms with Gasteiger partial charge in [-0.05, 0) is 30.5 Å². The van der Waals surface area contributed by atoms with Crippen molar-refractivity contribution >= 4 is 23.0 Å². The number of benzene rings is 1. The second-order valence-electron chi connectivity index (χ2n) is 3.84. The topological polar surface area (TPSA) is 61.5 Å². The van der Waals surface area contributed by atoms with Gasteiger partial charge in [-0.1, -0.05) is 6.07 Å². The van der Waals surface area contributed by atoms with Crippen molar-refractivity contribution in [1.29, 1.82) is 0 Å². The summed E-state index contributed by atoms with van der Waals surface area (Å²) in [7, 11) is 0. The molecule has 0 atom stereocenters. The zero-order valence-corrected chi connectivity index (χ0v) is 11.4. The molecule has 0 aliphatic carbocycles. The van der Waals surface area contributed by atoms with E-state index in [1.807, 2.05) is 17.5 Å². The first kappa shape index (κ1) is 13.4. The molecule has 0 spiro atoms. The van der Waals surface area contributed by atoms with Gasteiger partial charge in [-0.25, -0.2) is 4.79 Å². The molecule has 5 heteroatoms. The van der Waals surface area contributed by atoms with Crippen LogP contribution < -0.4 is 10.5 Å². The highest BCUT2D eigenvalue weighted by Gasteiger charge is 2.14. The Hall–Kier alpha value is -2.01. The molecule has 0 aliphatic heterocycles. The third-order valence-corrected chi connectivity index (χ3v) is 3.30. The highest BCUT2D eigenvalue weighted by Crippen LogP contribution is 2.24. The molecule has 0 radical (unpaired) electrons. The van der Waals surface area contributed by atoms with Crippen molar-refractivity contribution in [3.63, 3.8) is 0 Å². The predicted octanol–water partition coefficient (Wildman–Crippen LogP) is 3.09. The fourth-order valence-corrected chi connectivity index (χ4v) is 2.20. The number of rotatable bonds is 5. The van der Waals surface area contributed by atoms with Crippen molar-refractivity contribution in [2.24, 2.45) is 0 Å². The van der Waals surface area contributed by atoms with Crippen LogP contribution in [0.3, 0.4) is 0 Å². The van der Waals surface area contributed by atoms with E-state index < -0.39 is 5.97 Å². The summed E-state index contributed by atoms with van der Waals surface area (Å²) in [5, 5.41) is 1.98. The Kier molecular flexibility index (Phi) is 4.41. The standard InChI is InChI=1S/C14H15NO3S/c1-2-17-14(16)12-6-5-10(15)8-13(12)18-9-11-4-3-7-19-11/h3-8H,2,9,15H2,1H3. The number of nitrogens with two attached hydrogens (primary N) is 1. The highest BCUT2D eigenvalue weighted by molar-refractivity contribution is 7.09. The van der Waals surface area contributed by atoms with Gasteiger partial charge in [0.15, 0.2) is 0 Å². The first-order valence-corrected chi connectivity index (χ1v) is 6.80. The van der Waals surface area contributed by atoms with E-state index in [9.17, 15) is 4.79 Å². The van der Waals surface area contributed by atoms with Crippen LogP contribution in [0.4, 0.5) is 5.69 Å². The van der Waals surface area contributed by atoms with Gasteiger partial charge in [0.25, 0.3) is 0 Å². The maximum absolute atomic E-state index is 11.8. The molecule has 1 aromatic carbocycles. The minimum atomic E-state index is -0.399. The summed E-state index contributed by atoms with van der Waals surface area (Å²) >= 11 is 1.60. The summed E-state index contributed by atoms with van der Waals surface area (Å²) < 4.78 is 10.6. The van der Waals surface area contributed by atoms with Gasteiger partial charge >= 0.3 is 5.97 Å². The van der Waals surface area contributed by atoms with Crippen LogP contribution in [-0.2, 0) is 11.3 Å². The predicted molar refractivity (Wildman–Crippen MR) is 75.5 cm³/mol. The summed E-state index contributed by atoms with van der Waals surface area (Å²) in [4.78, 5) is 12.9. The molecule has 1 aromatic heterocycles. The molecule has 0 unspecified atom stereocenters. The van der Waals surface area contributed by atoms with Gasteiger partial charge in [0.2, 0.25) is 0 Å². The molecule has 0 saturated heterocycles. The van der Waals surface area contributed by atoms with E-state index in [1.54, 1.807) is 36.5 Å². The molecule has 2 rings (SSSR count). The summed E-state index contributed by atoms with van der Waals surface area (Å²) in [6, 6.07) is 8.84. The molecule has 1 heterocycles. The number of esters is 1. The molecule has 2 N–H and O–H groups in total. The lowest BCUT2D eigenvalue weighted by atomic mass is 10.2. The number of ether oxygens (including phenoxy) is 2. The molecule has 2 aromatic rings. The van der Waals surface area contributed by atoms with E-state index in [1.165, 1.54) is 0 Å². The lowest BCUT2D eigenvalue weighted by Crippen LogP contribution is -2.08. The zero-order chi connectivity index (χ0) is 13.7. The van der Waals surface area contributed by atoms with Crippen molar-refractivity contribution in [1.82, 2.24) is 0 Å². The van der Waals surface area contributed by atoms with E-state index >= 15 is 0 Å². The molecule has 0 aliphatic rings.